The fourth-order valence-electron chi connectivity index (χ4n) is 0.881. The minimum Gasteiger partial charge on any atom is -0.328 e. The van der Waals surface area contributed by atoms with Crippen molar-refractivity contribution in [3.8, 4) is 0 Å². The van der Waals surface area contributed by atoms with Crippen LogP contribution in [-0.4, -0.2) is 26.5 Å². The van der Waals surface area contributed by atoms with E-state index >= 15 is 0 Å². The SMILES string of the molecule is CCCC(N)CCS(C)(=O)=O. The zero-order valence-corrected chi connectivity index (χ0v) is 8.02. The monoisotopic (exact) mass is 179 g/mol. The van der Waals surface area contributed by atoms with Crippen LogP contribution in [-0.2, 0) is 9.84 Å². The summed E-state index contributed by atoms with van der Waals surface area (Å²) in [4.78, 5) is 0. The van der Waals surface area contributed by atoms with Gasteiger partial charge in [-0.25, -0.2) is 8.42 Å². The van der Waals surface area contributed by atoms with Crippen LogP contribution in [0.4, 0.5) is 0 Å². The van der Waals surface area contributed by atoms with Crippen molar-refractivity contribution in [3.63, 3.8) is 0 Å². The highest BCUT2D eigenvalue weighted by Crippen LogP contribution is 2.00. The minimum atomic E-state index is -2.82. The zero-order chi connectivity index (χ0) is 8.91. The molecule has 0 rings (SSSR count). The van der Waals surface area contributed by atoms with E-state index < -0.39 is 9.84 Å². The average molecular weight is 179 g/mol. The van der Waals surface area contributed by atoms with Gasteiger partial charge in [-0.05, 0) is 12.8 Å². The molecule has 0 aromatic carbocycles. The highest BCUT2D eigenvalue weighted by atomic mass is 32.2. The standard InChI is InChI=1S/C7H17NO2S/c1-3-4-7(8)5-6-11(2,9)10/h7H,3-6,8H2,1-2H3. The van der Waals surface area contributed by atoms with Crippen molar-refractivity contribution >= 4 is 9.84 Å². The molecule has 1 unspecified atom stereocenters. The maximum atomic E-state index is 10.7. The third-order valence-electron chi connectivity index (χ3n) is 1.52. The zero-order valence-electron chi connectivity index (χ0n) is 7.21. The van der Waals surface area contributed by atoms with E-state index in [9.17, 15) is 8.42 Å². The summed E-state index contributed by atoms with van der Waals surface area (Å²) in [5.74, 6) is 0.216. The molecule has 0 saturated heterocycles. The lowest BCUT2D eigenvalue weighted by Crippen LogP contribution is -2.23. The molecular formula is C7H17NO2S. The molecule has 0 bridgehead atoms. The maximum Gasteiger partial charge on any atom is 0.147 e. The molecule has 0 radical (unpaired) electrons. The first-order valence-corrected chi connectivity index (χ1v) is 5.95. The van der Waals surface area contributed by atoms with Gasteiger partial charge in [0.25, 0.3) is 0 Å². The normalized spacial score (nSPS) is 14.8. The van der Waals surface area contributed by atoms with Gasteiger partial charge in [-0.1, -0.05) is 13.3 Å². The van der Waals surface area contributed by atoms with Crippen LogP contribution in [0.15, 0.2) is 0 Å². The third-order valence-corrected chi connectivity index (χ3v) is 2.50. The smallest absolute Gasteiger partial charge is 0.147 e. The molecule has 0 aromatic heterocycles. The van der Waals surface area contributed by atoms with E-state index in [1.165, 1.54) is 6.26 Å². The van der Waals surface area contributed by atoms with Crippen molar-refractivity contribution in [1.82, 2.24) is 0 Å². The number of hydrogen-bond acceptors (Lipinski definition) is 3. The Morgan fingerprint density at radius 1 is 1.36 bits per heavy atom. The van der Waals surface area contributed by atoms with Gasteiger partial charge in [0.15, 0.2) is 0 Å². The highest BCUT2D eigenvalue weighted by molar-refractivity contribution is 7.90. The van der Waals surface area contributed by atoms with Crippen LogP contribution in [0.2, 0.25) is 0 Å². The summed E-state index contributed by atoms with van der Waals surface area (Å²) in [5.41, 5.74) is 5.63. The fourth-order valence-corrected chi connectivity index (χ4v) is 1.61. The van der Waals surface area contributed by atoms with Crippen LogP contribution in [0, 0.1) is 0 Å². The van der Waals surface area contributed by atoms with Crippen molar-refractivity contribution in [3.05, 3.63) is 0 Å². The summed E-state index contributed by atoms with van der Waals surface area (Å²) in [6, 6.07) is 0.0507. The molecule has 0 aliphatic heterocycles. The lowest BCUT2D eigenvalue weighted by molar-refractivity contribution is 0.566. The first kappa shape index (κ1) is 10.9. The van der Waals surface area contributed by atoms with E-state index in [-0.39, 0.29) is 11.8 Å². The van der Waals surface area contributed by atoms with Crippen molar-refractivity contribution in [2.75, 3.05) is 12.0 Å². The fraction of sp³-hybridized carbons (Fsp3) is 1.00. The largest absolute Gasteiger partial charge is 0.328 e. The highest BCUT2D eigenvalue weighted by Gasteiger charge is 2.06. The van der Waals surface area contributed by atoms with Crippen LogP contribution in [0.1, 0.15) is 26.2 Å². The van der Waals surface area contributed by atoms with Crippen LogP contribution < -0.4 is 5.73 Å². The van der Waals surface area contributed by atoms with Gasteiger partial charge in [0.1, 0.15) is 9.84 Å². The average Bonchev–Trinajstić information content (AvgIpc) is 1.83. The first-order valence-electron chi connectivity index (χ1n) is 3.89. The summed E-state index contributed by atoms with van der Waals surface area (Å²) >= 11 is 0. The molecule has 0 aliphatic rings. The van der Waals surface area contributed by atoms with E-state index in [0.717, 1.165) is 12.8 Å². The van der Waals surface area contributed by atoms with Crippen molar-refractivity contribution in [2.24, 2.45) is 5.73 Å². The second-order valence-corrected chi connectivity index (χ2v) is 5.23. The van der Waals surface area contributed by atoms with E-state index in [2.05, 4.69) is 0 Å². The number of nitrogens with two attached hydrogens (primary N) is 1. The van der Waals surface area contributed by atoms with Gasteiger partial charge in [0, 0.05) is 12.3 Å². The Morgan fingerprint density at radius 3 is 2.27 bits per heavy atom. The van der Waals surface area contributed by atoms with Crippen LogP contribution in [0.3, 0.4) is 0 Å². The predicted octanol–water partition coefficient (Wildman–Crippen LogP) is 0.549. The Morgan fingerprint density at radius 2 is 1.91 bits per heavy atom. The second-order valence-electron chi connectivity index (χ2n) is 2.97. The molecule has 0 saturated carbocycles. The molecule has 0 amide bonds. The molecule has 11 heavy (non-hydrogen) atoms. The van der Waals surface area contributed by atoms with E-state index in [1.54, 1.807) is 0 Å². The van der Waals surface area contributed by atoms with Crippen LogP contribution >= 0.6 is 0 Å². The van der Waals surface area contributed by atoms with Crippen LogP contribution in [0.25, 0.3) is 0 Å². The molecule has 0 spiro atoms. The predicted molar refractivity (Wildman–Crippen MR) is 47.2 cm³/mol. The summed E-state index contributed by atoms with van der Waals surface area (Å²) < 4.78 is 21.4. The summed E-state index contributed by atoms with van der Waals surface area (Å²) in [6.07, 6.45) is 3.76. The van der Waals surface area contributed by atoms with Gasteiger partial charge in [-0.3, -0.25) is 0 Å². The molecule has 0 fully saturated rings. The number of hydrogen-bond donors (Lipinski definition) is 1. The molecule has 0 heterocycles. The maximum absolute atomic E-state index is 10.7. The molecule has 0 aliphatic carbocycles. The molecule has 0 aromatic rings. The second kappa shape index (κ2) is 4.72. The van der Waals surface area contributed by atoms with Gasteiger partial charge in [-0.15, -0.1) is 0 Å². The Balaban J connectivity index is 3.54. The minimum absolute atomic E-state index is 0.0507. The molecule has 3 nitrogen and oxygen atoms in total. The number of sulfone groups is 1. The third kappa shape index (κ3) is 7.81. The van der Waals surface area contributed by atoms with Gasteiger partial charge in [-0.2, -0.15) is 0 Å². The van der Waals surface area contributed by atoms with Gasteiger partial charge >= 0.3 is 0 Å². The van der Waals surface area contributed by atoms with Crippen molar-refractivity contribution in [1.29, 1.82) is 0 Å². The van der Waals surface area contributed by atoms with Gasteiger partial charge in [0.2, 0.25) is 0 Å². The van der Waals surface area contributed by atoms with E-state index in [0.29, 0.717) is 6.42 Å². The quantitative estimate of drug-likeness (QED) is 0.670. The van der Waals surface area contributed by atoms with Crippen molar-refractivity contribution < 1.29 is 8.42 Å². The summed E-state index contributed by atoms with van der Waals surface area (Å²) in [5, 5.41) is 0. The first-order chi connectivity index (χ1) is 4.95. The Labute approximate surface area is 68.9 Å². The topological polar surface area (TPSA) is 60.2 Å². The molecule has 2 N–H and O–H groups in total. The molecule has 1 atom stereocenters. The summed E-state index contributed by atoms with van der Waals surface area (Å²) in [6.45, 7) is 2.04. The van der Waals surface area contributed by atoms with E-state index in [1.807, 2.05) is 6.92 Å². The summed E-state index contributed by atoms with van der Waals surface area (Å²) in [7, 11) is -2.82. The Bertz CT molecular complexity index is 187. The van der Waals surface area contributed by atoms with Gasteiger partial charge < -0.3 is 5.73 Å². The number of rotatable bonds is 5. The Hall–Kier alpha value is -0.0900. The molecular weight excluding hydrogens is 162 g/mol. The lowest BCUT2D eigenvalue weighted by atomic mass is 10.1. The molecule has 68 valence electrons. The Kier molecular flexibility index (Phi) is 4.68. The van der Waals surface area contributed by atoms with Gasteiger partial charge in [0.05, 0.1) is 5.75 Å². The molecule has 4 heteroatoms. The van der Waals surface area contributed by atoms with Crippen molar-refractivity contribution in [2.45, 2.75) is 32.2 Å². The lowest BCUT2D eigenvalue weighted by Gasteiger charge is -2.07. The van der Waals surface area contributed by atoms with E-state index in [4.69, 9.17) is 5.73 Å². The van der Waals surface area contributed by atoms with Crippen LogP contribution in [0.5, 0.6) is 0 Å².